The SMILES string of the molecule is COC(=O)[C@H]1CC[C@H](Cn2nc(C)c3cc(F)c(C#N)cc32)CC1. The summed E-state index contributed by atoms with van der Waals surface area (Å²) in [5.41, 5.74) is 1.59. The summed E-state index contributed by atoms with van der Waals surface area (Å²) in [6.45, 7) is 2.56. The quantitative estimate of drug-likeness (QED) is 0.810. The molecule has 2 aromatic rings. The molecule has 6 heteroatoms. The van der Waals surface area contributed by atoms with E-state index in [4.69, 9.17) is 10.00 Å². The van der Waals surface area contributed by atoms with Gasteiger partial charge in [0.15, 0.2) is 0 Å². The van der Waals surface area contributed by atoms with E-state index in [1.165, 1.54) is 13.2 Å². The van der Waals surface area contributed by atoms with E-state index in [-0.39, 0.29) is 17.5 Å². The van der Waals surface area contributed by atoms with E-state index in [1.807, 2.05) is 17.7 Å². The van der Waals surface area contributed by atoms with Crippen LogP contribution in [0.25, 0.3) is 10.9 Å². The lowest BCUT2D eigenvalue weighted by Gasteiger charge is -2.26. The Morgan fingerprint density at radius 3 is 2.75 bits per heavy atom. The molecule has 1 aromatic carbocycles. The predicted molar refractivity (Wildman–Crippen MR) is 86.6 cm³/mol. The number of carbonyl (C=O) groups is 1. The van der Waals surface area contributed by atoms with Crippen LogP contribution in [0.3, 0.4) is 0 Å². The maximum Gasteiger partial charge on any atom is 0.308 e. The number of nitriles is 1. The standard InChI is InChI=1S/C18H20FN3O2/c1-11-15-8-16(19)14(9-20)7-17(15)22(21-11)10-12-3-5-13(6-4-12)18(23)24-2/h7-8,12-13H,3-6,10H2,1-2H3/t12-,13-. The number of hydrogen-bond acceptors (Lipinski definition) is 4. The van der Waals surface area contributed by atoms with Crippen molar-refractivity contribution in [2.45, 2.75) is 39.2 Å². The van der Waals surface area contributed by atoms with Gasteiger partial charge < -0.3 is 4.74 Å². The van der Waals surface area contributed by atoms with E-state index in [2.05, 4.69) is 5.10 Å². The Labute approximate surface area is 140 Å². The van der Waals surface area contributed by atoms with Crippen molar-refractivity contribution in [3.8, 4) is 6.07 Å². The van der Waals surface area contributed by atoms with Crippen LogP contribution in [0.2, 0.25) is 0 Å². The van der Waals surface area contributed by atoms with Crippen molar-refractivity contribution >= 4 is 16.9 Å². The van der Waals surface area contributed by atoms with Crippen LogP contribution in [0, 0.1) is 35.9 Å². The Hall–Kier alpha value is -2.42. The van der Waals surface area contributed by atoms with E-state index in [1.54, 1.807) is 6.07 Å². The van der Waals surface area contributed by atoms with Crippen molar-refractivity contribution in [2.24, 2.45) is 11.8 Å². The zero-order valence-corrected chi connectivity index (χ0v) is 13.9. The number of hydrogen-bond donors (Lipinski definition) is 0. The summed E-state index contributed by atoms with van der Waals surface area (Å²) in [7, 11) is 1.43. The van der Waals surface area contributed by atoms with Crippen LogP contribution in [0.4, 0.5) is 4.39 Å². The average Bonchev–Trinajstić information content (AvgIpc) is 2.89. The second-order valence-corrected chi connectivity index (χ2v) is 6.47. The number of ether oxygens (including phenoxy) is 1. The molecule has 126 valence electrons. The highest BCUT2D eigenvalue weighted by Crippen LogP contribution is 2.32. The lowest BCUT2D eigenvalue weighted by molar-refractivity contribution is -0.146. The largest absolute Gasteiger partial charge is 0.469 e. The molecule has 1 saturated carbocycles. The molecule has 0 radical (unpaired) electrons. The zero-order chi connectivity index (χ0) is 17.3. The second-order valence-electron chi connectivity index (χ2n) is 6.47. The fourth-order valence-electron chi connectivity index (χ4n) is 3.57. The molecule has 1 aromatic heterocycles. The van der Waals surface area contributed by atoms with Crippen molar-refractivity contribution in [3.05, 3.63) is 29.2 Å². The van der Waals surface area contributed by atoms with Gasteiger partial charge in [-0.2, -0.15) is 10.4 Å². The average molecular weight is 329 g/mol. The first-order valence-electron chi connectivity index (χ1n) is 8.18. The van der Waals surface area contributed by atoms with E-state index < -0.39 is 5.82 Å². The summed E-state index contributed by atoms with van der Waals surface area (Å²) in [6.07, 6.45) is 3.53. The molecule has 1 fully saturated rings. The van der Waals surface area contributed by atoms with Gasteiger partial charge in [-0.3, -0.25) is 9.48 Å². The second kappa shape index (κ2) is 6.60. The minimum absolute atomic E-state index is 0.00152. The Balaban J connectivity index is 1.79. The number of aryl methyl sites for hydroxylation is 1. The lowest BCUT2D eigenvalue weighted by Crippen LogP contribution is -2.25. The molecular formula is C18H20FN3O2. The number of rotatable bonds is 3. The number of halogens is 1. The van der Waals surface area contributed by atoms with Gasteiger partial charge in [0.1, 0.15) is 11.9 Å². The van der Waals surface area contributed by atoms with Gasteiger partial charge in [-0.05, 0) is 50.7 Å². The summed E-state index contributed by atoms with van der Waals surface area (Å²) < 4.78 is 20.5. The van der Waals surface area contributed by atoms with Crippen molar-refractivity contribution in [2.75, 3.05) is 7.11 Å². The highest BCUT2D eigenvalue weighted by Gasteiger charge is 2.27. The summed E-state index contributed by atoms with van der Waals surface area (Å²) in [6, 6.07) is 4.85. The van der Waals surface area contributed by atoms with Crippen molar-refractivity contribution < 1.29 is 13.9 Å². The molecule has 0 N–H and O–H groups in total. The molecule has 3 rings (SSSR count). The fourth-order valence-corrected chi connectivity index (χ4v) is 3.57. The van der Waals surface area contributed by atoms with Gasteiger partial charge in [0.05, 0.1) is 29.8 Å². The predicted octanol–water partition coefficient (Wildman–Crippen LogP) is 3.33. The maximum absolute atomic E-state index is 13.8. The topological polar surface area (TPSA) is 67.9 Å². The number of nitrogens with zero attached hydrogens (tertiary/aromatic N) is 3. The number of fused-ring (bicyclic) bond motifs is 1. The van der Waals surface area contributed by atoms with Crippen molar-refractivity contribution in [1.29, 1.82) is 5.26 Å². The smallest absolute Gasteiger partial charge is 0.308 e. The summed E-state index contributed by atoms with van der Waals surface area (Å²) in [5.74, 6) is -0.208. The number of carbonyl (C=O) groups excluding carboxylic acids is 1. The monoisotopic (exact) mass is 329 g/mol. The summed E-state index contributed by atoms with van der Waals surface area (Å²) >= 11 is 0. The molecule has 1 heterocycles. The van der Waals surface area contributed by atoms with Gasteiger partial charge in [0.25, 0.3) is 0 Å². The molecule has 0 unspecified atom stereocenters. The lowest BCUT2D eigenvalue weighted by atomic mass is 9.82. The van der Waals surface area contributed by atoms with Crippen LogP contribution in [0.1, 0.15) is 36.9 Å². The summed E-state index contributed by atoms with van der Waals surface area (Å²) in [5, 5.41) is 14.3. The Morgan fingerprint density at radius 1 is 1.42 bits per heavy atom. The van der Waals surface area contributed by atoms with E-state index in [0.29, 0.717) is 12.5 Å². The van der Waals surface area contributed by atoms with Crippen LogP contribution in [-0.4, -0.2) is 22.9 Å². The molecule has 1 aliphatic rings. The molecule has 0 saturated heterocycles. The van der Waals surface area contributed by atoms with Crippen LogP contribution in [-0.2, 0) is 16.1 Å². The van der Waals surface area contributed by atoms with Gasteiger partial charge in [-0.1, -0.05) is 0 Å². The molecule has 0 aliphatic heterocycles. The Morgan fingerprint density at radius 2 is 2.12 bits per heavy atom. The Bertz CT molecular complexity index is 814. The molecular weight excluding hydrogens is 309 g/mol. The minimum Gasteiger partial charge on any atom is -0.469 e. The van der Waals surface area contributed by atoms with Crippen LogP contribution < -0.4 is 0 Å². The van der Waals surface area contributed by atoms with E-state index in [0.717, 1.165) is 42.3 Å². The normalized spacial score (nSPS) is 20.8. The molecule has 1 aliphatic carbocycles. The van der Waals surface area contributed by atoms with Crippen LogP contribution in [0.15, 0.2) is 12.1 Å². The van der Waals surface area contributed by atoms with Gasteiger partial charge >= 0.3 is 5.97 Å². The Kier molecular flexibility index (Phi) is 4.52. The first kappa shape index (κ1) is 16.4. The molecule has 0 spiro atoms. The van der Waals surface area contributed by atoms with Crippen LogP contribution in [0.5, 0.6) is 0 Å². The highest BCUT2D eigenvalue weighted by molar-refractivity contribution is 5.83. The van der Waals surface area contributed by atoms with Gasteiger partial charge in [-0.15, -0.1) is 0 Å². The van der Waals surface area contributed by atoms with Crippen molar-refractivity contribution in [3.63, 3.8) is 0 Å². The number of benzene rings is 1. The van der Waals surface area contributed by atoms with Gasteiger partial charge in [0.2, 0.25) is 0 Å². The van der Waals surface area contributed by atoms with E-state index in [9.17, 15) is 9.18 Å². The molecule has 0 amide bonds. The number of methoxy groups -OCH3 is 1. The number of esters is 1. The third kappa shape index (κ3) is 2.99. The van der Waals surface area contributed by atoms with E-state index >= 15 is 0 Å². The third-order valence-corrected chi connectivity index (χ3v) is 4.96. The molecule has 5 nitrogen and oxygen atoms in total. The zero-order valence-electron chi connectivity index (χ0n) is 13.9. The maximum atomic E-state index is 13.8. The van der Waals surface area contributed by atoms with Gasteiger partial charge in [0, 0.05) is 11.9 Å². The van der Waals surface area contributed by atoms with Gasteiger partial charge in [-0.25, -0.2) is 4.39 Å². The van der Waals surface area contributed by atoms with Crippen molar-refractivity contribution in [1.82, 2.24) is 9.78 Å². The summed E-state index contributed by atoms with van der Waals surface area (Å²) in [4.78, 5) is 11.6. The molecule has 0 bridgehead atoms. The first-order chi connectivity index (χ1) is 11.5. The number of aromatic nitrogens is 2. The third-order valence-electron chi connectivity index (χ3n) is 4.96. The molecule has 24 heavy (non-hydrogen) atoms. The minimum atomic E-state index is -0.508. The fraction of sp³-hybridized carbons (Fsp3) is 0.500. The van der Waals surface area contributed by atoms with Crippen LogP contribution >= 0.6 is 0 Å². The molecule has 0 atom stereocenters. The first-order valence-corrected chi connectivity index (χ1v) is 8.18. The highest BCUT2D eigenvalue weighted by atomic mass is 19.1.